The van der Waals surface area contributed by atoms with E-state index in [0.717, 1.165) is 10.1 Å². The number of carbonyl (C=O) groups excluding carboxylic acids is 3. The van der Waals surface area contributed by atoms with Gasteiger partial charge in [-0.25, -0.2) is 4.79 Å². The molecule has 1 spiro atoms. The van der Waals surface area contributed by atoms with Crippen molar-refractivity contribution in [1.29, 1.82) is 5.41 Å². The van der Waals surface area contributed by atoms with E-state index in [1.54, 1.807) is 23.1 Å². The Bertz CT molecular complexity index is 1470. The van der Waals surface area contributed by atoms with Crippen LogP contribution in [0.2, 0.25) is 0 Å². The summed E-state index contributed by atoms with van der Waals surface area (Å²) >= 11 is 1.36. The number of ketones is 1. The maximum Gasteiger partial charge on any atom is 0.319 e. The predicted molar refractivity (Wildman–Crippen MR) is 144 cm³/mol. The number of urea groups is 1. The minimum atomic E-state index is -0.740. The van der Waals surface area contributed by atoms with Crippen LogP contribution >= 0.6 is 11.3 Å². The normalized spacial score (nSPS) is 16.3. The van der Waals surface area contributed by atoms with Gasteiger partial charge in [0, 0.05) is 48.1 Å². The lowest BCUT2D eigenvalue weighted by Crippen LogP contribution is -2.52. The third kappa shape index (κ3) is 4.70. The number of piperidine rings is 1. The molecule has 1 fully saturated rings. The van der Waals surface area contributed by atoms with Crippen LogP contribution in [0.5, 0.6) is 5.75 Å². The molecular formula is C26H27N7O4S. The van der Waals surface area contributed by atoms with Gasteiger partial charge in [0.25, 0.3) is 5.91 Å². The standard InChI is InChI=1S/C26H27N7O4S/c1-2-29-25(36)30-23-21(17-5-3-4-6-20(17)38-23)24(35)33-11-9-26(10-12-33)14-18(34)16-8-7-15(13-19(16)37-26)22(27)31-32-28/h3-8,13H,2,9-12,14H2,1H3,(H3,27,28,31)(H2,29,30,36). The molecule has 0 unspecified atom stereocenters. The number of likely N-dealkylation sites (tertiary alicyclic amines) is 1. The van der Waals surface area contributed by atoms with E-state index in [1.165, 1.54) is 11.3 Å². The Balaban J connectivity index is 1.36. The van der Waals surface area contributed by atoms with Gasteiger partial charge in [-0.2, -0.15) is 0 Å². The molecule has 38 heavy (non-hydrogen) atoms. The number of Topliss-reactive ketones (excluding diaryl/α,β-unsaturated/α-hetero) is 1. The number of thiophene rings is 1. The number of ether oxygens (including phenoxy) is 1. The van der Waals surface area contributed by atoms with Gasteiger partial charge in [0.05, 0.1) is 17.5 Å². The molecule has 0 radical (unpaired) electrons. The lowest BCUT2D eigenvalue weighted by Gasteiger charge is -2.44. The van der Waals surface area contributed by atoms with Crippen molar-refractivity contribution in [1.82, 2.24) is 10.2 Å². The zero-order valence-corrected chi connectivity index (χ0v) is 21.6. The average molecular weight is 534 g/mol. The minimum Gasteiger partial charge on any atom is -0.486 e. The highest BCUT2D eigenvalue weighted by Crippen LogP contribution is 2.41. The van der Waals surface area contributed by atoms with E-state index in [0.29, 0.717) is 59.9 Å². The minimum absolute atomic E-state index is 0.0400. The van der Waals surface area contributed by atoms with Gasteiger partial charge in [-0.05, 0) is 25.1 Å². The number of nitrogens with two attached hydrogens (primary N) is 1. The molecule has 5 N–H and O–H groups in total. The largest absolute Gasteiger partial charge is 0.486 e. The van der Waals surface area contributed by atoms with E-state index in [4.69, 9.17) is 16.0 Å². The number of carbonyl (C=O) groups is 3. The Morgan fingerprint density at radius 1 is 1.21 bits per heavy atom. The summed E-state index contributed by atoms with van der Waals surface area (Å²) in [5.74, 6) is 5.12. The van der Waals surface area contributed by atoms with E-state index in [1.807, 2.05) is 31.2 Å². The Morgan fingerprint density at radius 2 is 1.97 bits per heavy atom. The Kier molecular flexibility index (Phi) is 6.81. The monoisotopic (exact) mass is 533 g/mol. The van der Waals surface area contributed by atoms with Crippen molar-refractivity contribution in [3.63, 3.8) is 0 Å². The van der Waals surface area contributed by atoms with E-state index < -0.39 is 5.60 Å². The van der Waals surface area contributed by atoms with Crippen LogP contribution in [0, 0.1) is 5.41 Å². The van der Waals surface area contributed by atoms with Crippen LogP contribution < -0.4 is 21.2 Å². The third-order valence-corrected chi connectivity index (χ3v) is 7.94. The van der Waals surface area contributed by atoms with Crippen molar-refractivity contribution in [3.8, 4) is 5.75 Å². The summed E-state index contributed by atoms with van der Waals surface area (Å²) in [6.45, 7) is 3.08. The number of nitrogens with one attached hydrogen (secondary N) is 3. The molecule has 5 rings (SSSR count). The van der Waals surface area contributed by atoms with Crippen LogP contribution in [-0.4, -0.2) is 53.7 Å². The number of hydrogen-bond donors (Lipinski definition) is 4. The Hall–Kier alpha value is -4.32. The second-order valence-electron chi connectivity index (χ2n) is 9.24. The highest BCUT2D eigenvalue weighted by Gasteiger charge is 2.44. The molecule has 2 aliphatic rings. The molecule has 1 aromatic heterocycles. The van der Waals surface area contributed by atoms with Crippen molar-refractivity contribution in [2.24, 2.45) is 16.2 Å². The maximum atomic E-state index is 13.8. The fraction of sp³-hybridized carbons (Fsp3) is 0.308. The van der Waals surface area contributed by atoms with Gasteiger partial charge in [-0.3, -0.25) is 20.3 Å². The molecule has 2 aliphatic heterocycles. The number of amidine groups is 1. The summed E-state index contributed by atoms with van der Waals surface area (Å²) < 4.78 is 7.28. The fourth-order valence-corrected chi connectivity index (χ4v) is 6.05. The number of amides is 3. The number of fused-ring (bicyclic) bond motifs is 2. The second-order valence-corrected chi connectivity index (χ2v) is 10.3. The summed E-state index contributed by atoms with van der Waals surface area (Å²) in [6.07, 6.45) is 1.15. The van der Waals surface area contributed by atoms with Crippen LogP contribution in [0.3, 0.4) is 0 Å². The van der Waals surface area contributed by atoms with E-state index in [-0.39, 0.29) is 30.0 Å². The Labute approximate surface area is 222 Å². The molecular weight excluding hydrogens is 506 g/mol. The first kappa shape index (κ1) is 25.3. The molecule has 0 saturated carbocycles. The number of nitrogens with zero attached hydrogens (tertiary/aromatic N) is 3. The highest BCUT2D eigenvalue weighted by atomic mass is 32.1. The van der Waals surface area contributed by atoms with Gasteiger partial charge in [0.15, 0.2) is 11.6 Å². The molecule has 3 amide bonds. The van der Waals surface area contributed by atoms with Crippen LogP contribution in [0.25, 0.3) is 10.1 Å². The van der Waals surface area contributed by atoms with Crippen molar-refractivity contribution >= 4 is 50.0 Å². The second kappa shape index (κ2) is 10.2. The van der Waals surface area contributed by atoms with Crippen LogP contribution in [0.15, 0.2) is 52.8 Å². The van der Waals surface area contributed by atoms with Crippen molar-refractivity contribution in [2.75, 3.05) is 25.0 Å². The number of rotatable bonds is 4. The molecule has 12 heteroatoms. The highest BCUT2D eigenvalue weighted by molar-refractivity contribution is 7.23. The fourth-order valence-electron chi connectivity index (χ4n) is 4.97. The first-order valence-electron chi connectivity index (χ1n) is 12.3. The molecule has 1 saturated heterocycles. The van der Waals surface area contributed by atoms with Gasteiger partial charge in [-0.1, -0.05) is 29.5 Å². The average Bonchev–Trinajstić information content (AvgIpc) is 3.26. The lowest BCUT2D eigenvalue weighted by molar-refractivity contribution is -0.00563. The number of benzene rings is 2. The predicted octanol–water partition coefficient (Wildman–Crippen LogP) is 4.33. The van der Waals surface area contributed by atoms with E-state index >= 15 is 0 Å². The van der Waals surface area contributed by atoms with E-state index in [9.17, 15) is 14.4 Å². The molecule has 196 valence electrons. The first-order chi connectivity index (χ1) is 18.3. The smallest absolute Gasteiger partial charge is 0.319 e. The van der Waals surface area contributed by atoms with Gasteiger partial charge in [0.2, 0.25) is 0 Å². The van der Waals surface area contributed by atoms with Crippen LogP contribution in [0.4, 0.5) is 9.80 Å². The first-order valence-corrected chi connectivity index (χ1v) is 13.1. The summed E-state index contributed by atoms with van der Waals surface area (Å²) in [5.41, 5.74) is 0.625. The van der Waals surface area contributed by atoms with Crippen LogP contribution in [-0.2, 0) is 0 Å². The molecule has 2 aromatic carbocycles. The SMILES string of the molecule is CCNC(=O)Nc1sc2ccccc2c1C(=O)N1CCC2(CC1)CC(=O)c1ccc(C(=N)N=NN)cc1O2. The summed E-state index contributed by atoms with van der Waals surface area (Å²) in [7, 11) is 0. The van der Waals surface area contributed by atoms with Gasteiger partial charge >= 0.3 is 6.03 Å². The number of anilines is 1. The number of hydrogen-bond acceptors (Lipinski definition) is 7. The third-order valence-electron chi connectivity index (χ3n) is 6.86. The molecule has 3 heterocycles. The Morgan fingerprint density at radius 3 is 2.71 bits per heavy atom. The summed E-state index contributed by atoms with van der Waals surface area (Å²) in [4.78, 5) is 40.8. The van der Waals surface area contributed by atoms with Gasteiger partial charge in [-0.15, -0.1) is 16.5 Å². The molecule has 0 bridgehead atoms. The van der Waals surface area contributed by atoms with Gasteiger partial charge < -0.3 is 20.8 Å². The van der Waals surface area contributed by atoms with Crippen molar-refractivity contribution in [3.05, 3.63) is 59.2 Å². The molecule has 3 aromatic rings. The zero-order valence-electron chi connectivity index (χ0n) is 20.7. The van der Waals surface area contributed by atoms with Crippen molar-refractivity contribution in [2.45, 2.75) is 31.8 Å². The summed E-state index contributed by atoms with van der Waals surface area (Å²) in [5, 5.41) is 21.5. The molecule has 11 nitrogen and oxygen atoms in total. The summed E-state index contributed by atoms with van der Waals surface area (Å²) in [6, 6.07) is 12.1. The zero-order chi connectivity index (χ0) is 26.9. The van der Waals surface area contributed by atoms with E-state index in [2.05, 4.69) is 21.0 Å². The van der Waals surface area contributed by atoms with Crippen LogP contribution in [0.1, 0.15) is 52.5 Å². The quantitative estimate of drug-likeness (QED) is 0.129. The maximum absolute atomic E-state index is 13.8. The van der Waals surface area contributed by atoms with Gasteiger partial charge in [0.1, 0.15) is 16.4 Å². The topological polar surface area (TPSA) is 162 Å². The molecule has 0 aliphatic carbocycles. The molecule has 0 atom stereocenters. The lowest BCUT2D eigenvalue weighted by atomic mass is 9.82. The van der Waals surface area contributed by atoms with Crippen molar-refractivity contribution < 1.29 is 19.1 Å².